The summed E-state index contributed by atoms with van der Waals surface area (Å²) in [6, 6.07) is 14.2. The Morgan fingerprint density at radius 2 is 1.61 bits per heavy atom. The molecular formula is C48H58F4N4O9S. The average molecular weight is 943 g/mol. The van der Waals surface area contributed by atoms with Gasteiger partial charge in [-0.2, -0.15) is 8.78 Å². The molecule has 3 amide bonds. The number of Topliss-reactive ketones (excluding diaryl/α,β-unsaturated/α-hetero) is 2. The van der Waals surface area contributed by atoms with Gasteiger partial charge in [-0.05, 0) is 66.6 Å². The summed E-state index contributed by atoms with van der Waals surface area (Å²) in [6.07, 6.45) is -0.0193. The van der Waals surface area contributed by atoms with Crippen LogP contribution in [0.15, 0.2) is 72.8 Å². The summed E-state index contributed by atoms with van der Waals surface area (Å²) in [5.41, 5.74) is -0.614. The van der Waals surface area contributed by atoms with Gasteiger partial charge >= 0.3 is 5.92 Å². The highest BCUT2D eigenvalue weighted by molar-refractivity contribution is 7.91. The van der Waals surface area contributed by atoms with E-state index in [4.69, 9.17) is 9.47 Å². The Hall–Kier alpha value is -5.20. The maximum atomic E-state index is 15.7. The van der Waals surface area contributed by atoms with Crippen molar-refractivity contribution in [1.82, 2.24) is 20.4 Å². The zero-order chi connectivity index (χ0) is 47.8. The van der Waals surface area contributed by atoms with E-state index < -0.39 is 116 Å². The molecule has 358 valence electrons. The Labute approximate surface area is 382 Å². The van der Waals surface area contributed by atoms with Crippen molar-refractivity contribution in [2.45, 2.75) is 93.2 Å². The van der Waals surface area contributed by atoms with Gasteiger partial charge < -0.3 is 25.0 Å². The van der Waals surface area contributed by atoms with E-state index in [0.29, 0.717) is 50.5 Å². The molecule has 2 heterocycles. The first-order chi connectivity index (χ1) is 31.4. The number of hydrogen-bond acceptors (Lipinski definition) is 10. The number of rotatable bonds is 20. The van der Waals surface area contributed by atoms with Crippen LogP contribution in [0.1, 0.15) is 69.1 Å². The van der Waals surface area contributed by atoms with Gasteiger partial charge in [-0.1, -0.05) is 69.2 Å². The fourth-order valence-electron chi connectivity index (χ4n) is 9.31. The number of methoxy groups -OCH3 is 1. The highest BCUT2D eigenvalue weighted by atomic mass is 32.2. The lowest BCUT2D eigenvalue weighted by molar-refractivity contribution is -0.162. The van der Waals surface area contributed by atoms with Gasteiger partial charge in [0.2, 0.25) is 17.6 Å². The third kappa shape index (κ3) is 11.7. The summed E-state index contributed by atoms with van der Waals surface area (Å²) in [5.74, 6) is -14.6. The number of alkyl halides is 2. The number of hydrogen-bond donors (Lipinski definition) is 2. The van der Waals surface area contributed by atoms with Crippen molar-refractivity contribution in [3.8, 4) is 5.75 Å². The molecule has 0 aromatic heterocycles. The van der Waals surface area contributed by atoms with Crippen molar-refractivity contribution < 1.29 is 59.4 Å². The van der Waals surface area contributed by atoms with Gasteiger partial charge in [-0.15, -0.1) is 0 Å². The number of halogens is 4. The number of nitrogens with one attached hydrogen (secondary N) is 2. The number of nitrogens with zero attached hydrogens (tertiary/aromatic N) is 2. The quantitative estimate of drug-likeness (QED) is 0.117. The van der Waals surface area contributed by atoms with E-state index in [1.54, 1.807) is 30.3 Å². The second kappa shape index (κ2) is 21.6. The molecule has 0 radical (unpaired) electrons. The number of likely N-dealkylation sites (tertiary alicyclic amines) is 1. The molecule has 0 spiro atoms. The van der Waals surface area contributed by atoms with Gasteiger partial charge in [-0.25, -0.2) is 17.2 Å². The fraction of sp³-hybridized carbons (Fsp3) is 0.521. The van der Waals surface area contributed by atoms with Gasteiger partial charge in [0.1, 0.15) is 23.4 Å². The Morgan fingerprint density at radius 3 is 2.24 bits per heavy atom. The standard InChI is InChI=1S/C48H58F4N4O9S/c1-31(2)37(43(58)48(51,52)46(61)53-19-20-55-21-23-65-24-22-55)28-42(57)41-27-36(66(62,63)30-32-13-15-35(64-3)16-14-32)29-56(41)44(59)40(26-33-9-8-10-34(49)25-33)54-45(60)47(17-6-7-18-47)38-11-4-5-12-39(38)50/h4-5,8-16,25,31,36-37,40-41H,6-7,17-24,26-30H2,1-3H3,(H,53,61)(H,54,60)/t36-,37+,40+,41+/m1/s1. The smallest absolute Gasteiger partial charge is 0.381 e. The summed E-state index contributed by atoms with van der Waals surface area (Å²) < 4.78 is 100. The molecule has 3 fully saturated rings. The topological polar surface area (TPSA) is 168 Å². The van der Waals surface area contributed by atoms with Gasteiger partial charge in [0.25, 0.3) is 5.91 Å². The Bertz CT molecular complexity index is 2340. The molecule has 18 heteroatoms. The van der Waals surface area contributed by atoms with E-state index in [9.17, 15) is 32.0 Å². The van der Waals surface area contributed by atoms with E-state index in [2.05, 4.69) is 10.6 Å². The maximum Gasteiger partial charge on any atom is 0.381 e. The summed E-state index contributed by atoms with van der Waals surface area (Å²) in [7, 11) is -2.72. The molecule has 2 saturated heterocycles. The molecule has 6 rings (SSSR count). The van der Waals surface area contributed by atoms with Crippen LogP contribution in [0.4, 0.5) is 17.6 Å². The molecule has 0 bridgehead atoms. The van der Waals surface area contributed by atoms with Gasteiger partial charge in [-0.3, -0.25) is 28.9 Å². The first-order valence-electron chi connectivity index (χ1n) is 22.3. The van der Waals surface area contributed by atoms with E-state index in [-0.39, 0.29) is 43.5 Å². The lowest BCUT2D eigenvalue weighted by Crippen LogP contribution is -2.56. The maximum absolute atomic E-state index is 15.7. The van der Waals surface area contributed by atoms with E-state index in [1.807, 2.05) is 4.90 Å². The minimum Gasteiger partial charge on any atom is -0.497 e. The minimum atomic E-state index is -4.54. The molecule has 1 saturated carbocycles. The second-order valence-corrected chi connectivity index (χ2v) is 20.1. The number of benzene rings is 3. The van der Waals surface area contributed by atoms with Crippen LogP contribution in [0.25, 0.3) is 0 Å². The molecule has 13 nitrogen and oxygen atoms in total. The van der Waals surface area contributed by atoms with Gasteiger partial charge in [0, 0.05) is 57.0 Å². The number of carbonyl (C=O) groups excluding carboxylic acids is 5. The number of ketones is 2. The van der Waals surface area contributed by atoms with E-state index in [0.717, 1.165) is 11.0 Å². The van der Waals surface area contributed by atoms with Gasteiger partial charge in [0.05, 0.1) is 42.8 Å². The number of amides is 3. The molecule has 3 aromatic rings. The average Bonchev–Trinajstić information content (AvgIpc) is 3.98. The van der Waals surface area contributed by atoms with Crippen molar-refractivity contribution in [3.63, 3.8) is 0 Å². The van der Waals surface area contributed by atoms with Crippen LogP contribution in [-0.2, 0) is 56.1 Å². The minimum absolute atomic E-state index is 0.128. The number of sulfone groups is 1. The zero-order valence-electron chi connectivity index (χ0n) is 37.4. The van der Waals surface area contributed by atoms with Crippen molar-refractivity contribution in [2.24, 2.45) is 11.8 Å². The zero-order valence-corrected chi connectivity index (χ0v) is 38.2. The van der Waals surface area contributed by atoms with Gasteiger partial charge in [0.15, 0.2) is 15.6 Å². The van der Waals surface area contributed by atoms with Crippen molar-refractivity contribution >= 4 is 39.1 Å². The van der Waals surface area contributed by atoms with Crippen molar-refractivity contribution in [3.05, 3.63) is 101 Å². The van der Waals surface area contributed by atoms with Crippen LogP contribution in [0.5, 0.6) is 5.75 Å². The van der Waals surface area contributed by atoms with Crippen LogP contribution in [-0.4, -0.2) is 124 Å². The molecule has 2 aliphatic heterocycles. The Kier molecular flexibility index (Phi) is 16.4. The first kappa shape index (κ1) is 50.2. The monoisotopic (exact) mass is 942 g/mol. The molecule has 1 aliphatic carbocycles. The first-order valence-corrected chi connectivity index (χ1v) is 24.1. The van der Waals surface area contributed by atoms with Crippen molar-refractivity contribution in [2.75, 3.05) is 53.0 Å². The third-order valence-corrected chi connectivity index (χ3v) is 15.2. The molecule has 3 aliphatic rings. The molecule has 4 atom stereocenters. The van der Waals surface area contributed by atoms with Crippen LogP contribution in [0, 0.1) is 23.5 Å². The third-order valence-electron chi connectivity index (χ3n) is 13.1. The molecule has 0 unspecified atom stereocenters. The van der Waals surface area contributed by atoms with Crippen LogP contribution in [0.2, 0.25) is 0 Å². The lowest BCUT2D eigenvalue weighted by Gasteiger charge is -2.34. The summed E-state index contributed by atoms with van der Waals surface area (Å²) in [5, 5.41) is 3.55. The Morgan fingerprint density at radius 1 is 0.924 bits per heavy atom. The van der Waals surface area contributed by atoms with E-state index in [1.165, 1.54) is 57.4 Å². The van der Waals surface area contributed by atoms with Crippen molar-refractivity contribution in [1.29, 1.82) is 0 Å². The summed E-state index contributed by atoms with van der Waals surface area (Å²) in [6.45, 7) is 4.36. The highest BCUT2D eigenvalue weighted by Gasteiger charge is 2.53. The summed E-state index contributed by atoms with van der Waals surface area (Å²) in [4.78, 5) is 73.5. The fourth-order valence-corrected chi connectivity index (χ4v) is 11.1. The SMILES string of the molecule is COc1ccc(CS(=O)(=O)[C@@H]2C[C@@H](C(=O)C[C@H](C(=O)C(F)(F)C(=O)NCCN3CCOCC3)C(C)C)N(C(=O)[C@H](Cc3cccc(F)c3)NC(=O)C3(c4ccccc4F)CCCC3)C2)cc1. The summed E-state index contributed by atoms with van der Waals surface area (Å²) >= 11 is 0. The number of morpholine rings is 1. The number of carbonyl (C=O) groups is 5. The highest BCUT2D eigenvalue weighted by Crippen LogP contribution is 2.43. The molecule has 3 aromatic carbocycles. The Balaban J connectivity index is 1.31. The predicted molar refractivity (Wildman–Crippen MR) is 236 cm³/mol. The van der Waals surface area contributed by atoms with Crippen LogP contribution in [0.3, 0.4) is 0 Å². The van der Waals surface area contributed by atoms with Crippen LogP contribution >= 0.6 is 0 Å². The molecule has 2 N–H and O–H groups in total. The largest absolute Gasteiger partial charge is 0.497 e. The number of ether oxygens (including phenoxy) is 2. The lowest BCUT2D eigenvalue weighted by atomic mass is 9.77. The predicted octanol–water partition coefficient (Wildman–Crippen LogP) is 4.98. The van der Waals surface area contributed by atoms with Crippen LogP contribution < -0.4 is 15.4 Å². The molecule has 66 heavy (non-hydrogen) atoms. The molecular weight excluding hydrogens is 885 g/mol. The second-order valence-electron chi connectivity index (χ2n) is 17.8. The van der Waals surface area contributed by atoms with E-state index >= 15 is 18.0 Å². The normalized spacial score (nSPS) is 19.8.